The number of para-hydroxylation sites is 1. The molecule has 132 valence electrons. The van der Waals surface area contributed by atoms with Crippen LogP contribution in [0.2, 0.25) is 0 Å². The summed E-state index contributed by atoms with van der Waals surface area (Å²) >= 11 is 1.47. The number of thiophene rings is 1. The van der Waals surface area contributed by atoms with Gasteiger partial charge in [-0.1, -0.05) is 31.2 Å². The highest BCUT2D eigenvalue weighted by atomic mass is 32.1. The average molecular weight is 356 g/mol. The number of nitrogens with one attached hydrogen (secondary N) is 1. The molecule has 1 saturated heterocycles. The lowest BCUT2D eigenvalue weighted by molar-refractivity contribution is -0.121. The smallest absolute Gasteiger partial charge is 0.263 e. The minimum absolute atomic E-state index is 0.0308. The van der Waals surface area contributed by atoms with Gasteiger partial charge in [-0.2, -0.15) is 0 Å². The zero-order valence-corrected chi connectivity index (χ0v) is 15.6. The van der Waals surface area contributed by atoms with Gasteiger partial charge >= 0.3 is 0 Å². The lowest BCUT2D eigenvalue weighted by Crippen LogP contribution is -2.41. The molecule has 1 fully saturated rings. The maximum atomic E-state index is 12.7. The Morgan fingerprint density at radius 3 is 2.60 bits per heavy atom. The monoisotopic (exact) mass is 356 g/mol. The Labute approximate surface area is 152 Å². The fourth-order valence-corrected chi connectivity index (χ4v) is 4.02. The van der Waals surface area contributed by atoms with E-state index in [1.54, 1.807) is 0 Å². The van der Waals surface area contributed by atoms with Crippen molar-refractivity contribution in [1.29, 1.82) is 0 Å². The number of benzene rings is 1. The summed E-state index contributed by atoms with van der Waals surface area (Å²) in [5.74, 6) is 0.130. The van der Waals surface area contributed by atoms with Crippen LogP contribution in [0.5, 0.6) is 0 Å². The molecule has 0 saturated carbocycles. The molecule has 0 atom stereocenters. The number of hydrogen-bond donors (Lipinski definition) is 1. The fourth-order valence-electron chi connectivity index (χ4n) is 3.33. The van der Waals surface area contributed by atoms with Crippen molar-refractivity contribution < 1.29 is 9.59 Å². The summed E-state index contributed by atoms with van der Waals surface area (Å²) in [6, 6.07) is 9.86. The van der Waals surface area contributed by atoms with Gasteiger partial charge in [-0.3, -0.25) is 9.59 Å². The number of piperidine rings is 1. The van der Waals surface area contributed by atoms with Crippen molar-refractivity contribution in [2.24, 2.45) is 5.92 Å². The molecule has 5 heteroatoms. The van der Waals surface area contributed by atoms with E-state index < -0.39 is 0 Å². The van der Waals surface area contributed by atoms with Crippen LogP contribution in [0.1, 0.15) is 40.6 Å². The molecule has 0 bridgehead atoms. The van der Waals surface area contributed by atoms with Crippen LogP contribution in [-0.4, -0.2) is 29.8 Å². The van der Waals surface area contributed by atoms with Crippen LogP contribution in [0.3, 0.4) is 0 Å². The summed E-state index contributed by atoms with van der Waals surface area (Å²) in [4.78, 5) is 27.7. The van der Waals surface area contributed by atoms with Crippen molar-refractivity contribution >= 4 is 28.8 Å². The molecular formula is C20H24N2O2S. The summed E-state index contributed by atoms with van der Waals surface area (Å²) in [7, 11) is 0. The average Bonchev–Trinajstić information content (AvgIpc) is 3.17. The zero-order chi connectivity index (χ0) is 17.8. The molecule has 0 unspecified atom stereocenters. The number of hydrogen-bond acceptors (Lipinski definition) is 3. The summed E-state index contributed by atoms with van der Waals surface area (Å²) in [6.07, 6.45) is 2.33. The topological polar surface area (TPSA) is 49.4 Å². The van der Waals surface area contributed by atoms with Crippen LogP contribution in [0, 0.1) is 12.8 Å². The van der Waals surface area contributed by atoms with Crippen molar-refractivity contribution in [2.75, 3.05) is 18.4 Å². The van der Waals surface area contributed by atoms with Gasteiger partial charge in [0, 0.05) is 24.7 Å². The van der Waals surface area contributed by atoms with Crippen molar-refractivity contribution in [3.05, 3.63) is 51.7 Å². The van der Waals surface area contributed by atoms with E-state index in [0.29, 0.717) is 13.1 Å². The van der Waals surface area contributed by atoms with Gasteiger partial charge in [0.05, 0.1) is 4.88 Å². The molecule has 1 aliphatic heterocycles. The molecule has 0 spiro atoms. The van der Waals surface area contributed by atoms with Crippen molar-refractivity contribution in [2.45, 2.75) is 33.1 Å². The van der Waals surface area contributed by atoms with E-state index >= 15 is 0 Å². The normalized spacial score (nSPS) is 15.2. The number of anilines is 1. The molecular weight excluding hydrogens is 332 g/mol. The SMILES string of the molecule is CCc1cccc(C)c1NC(=O)C1CCN(C(=O)c2cccs2)CC1. The molecule has 1 aromatic heterocycles. The lowest BCUT2D eigenvalue weighted by atomic mass is 9.95. The third-order valence-electron chi connectivity index (χ3n) is 4.87. The second-order valence-electron chi connectivity index (χ2n) is 6.50. The Kier molecular flexibility index (Phi) is 5.53. The van der Waals surface area contributed by atoms with Gasteiger partial charge in [0.2, 0.25) is 5.91 Å². The van der Waals surface area contributed by atoms with Gasteiger partial charge in [0.25, 0.3) is 5.91 Å². The molecule has 25 heavy (non-hydrogen) atoms. The fraction of sp³-hybridized carbons (Fsp3) is 0.400. The van der Waals surface area contributed by atoms with E-state index in [9.17, 15) is 9.59 Å². The van der Waals surface area contributed by atoms with E-state index in [0.717, 1.165) is 35.4 Å². The number of carbonyl (C=O) groups excluding carboxylic acids is 2. The molecule has 1 aromatic carbocycles. The largest absolute Gasteiger partial charge is 0.338 e. The van der Waals surface area contributed by atoms with Crippen LogP contribution >= 0.6 is 11.3 Å². The van der Waals surface area contributed by atoms with Crippen LogP contribution in [0.15, 0.2) is 35.7 Å². The molecule has 4 nitrogen and oxygen atoms in total. The Morgan fingerprint density at radius 2 is 1.96 bits per heavy atom. The summed E-state index contributed by atoms with van der Waals surface area (Å²) in [5.41, 5.74) is 3.21. The van der Waals surface area contributed by atoms with Crippen LogP contribution in [0.4, 0.5) is 5.69 Å². The number of rotatable bonds is 4. The second-order valence-corrected chi connectivity index (χ2v) is 7.44. The second kappa shape index (κ2) is 7.83. The zero-order valence-electron chi connectivity index (χ0n) is 14.7. The van der Waals surface area contributed by atoms with E-state index in [-0.39, 0.29) is 17.7 Å². The number of aryl methyl sites for hydroxylation is 2. The van der Waals surface area contributed by atoms with Gasteiger partial charge in [0.1, 0.15) is 0 Å². The maximum Gasteiger partial charge on any atom is 0.263 e. The molecule has 3 rings (SSSR count). The van der Waals surface area contributed by atoms with Crippen molar-refractivity contribution in [3.8, 4) is 0 Å². The predicted octanol–water partition coefficient (Wildman–Crippen LogP) is 4.11. The van der Waals surface area contributed by atoms with Gasteiger partial charge in [-0.05, 0) is 48.8 Å². The number of nitrogens with zero attached hydrogens (tertiary/aromatic N) is 1. The molecule has 2 amide bonds. The maximum absolute atomic E-state index is 12.7. The first kappa shape index (κ1) is 17.7. The van der Waals surface area contributed by atoms with Crippen molar-refractivity contribution in [3.63, 3.8) is 0 Å². The third kappa shape index (κ3) is 3.93. The predicted molar refractivity (Wildman–Crippen MR) is 102 cm³/mol. The van der Waals surface area contributed by atoms with Gasteiger partial charge < -0.3 is 10.2 Å². The Bertz CT molecular complexity index is 747. The lowest BCUT2D eigenvalue weighted by Gasteiger charge is -2.31. The minimum Gasteiger partial charge on any atom is -0.338 e. The molecule has 0 radical (unpaired) electrons. The molecule has 1 aliphatic rings. The number of likely N-dealkylation sites (tertiary alicyclic amines) is 1. The van der Waals surface area contributed by atoms with Crippen LogP contribution in [-0.2, 0) is 11.2 Å². The minimum atomic E-state index is -0.0308. The molecule has 0 aliphatic carbocycles. The first-order valence-corrected chi connectivity index (χ1v) is 9.70. The summed E-state index contributed by atoms with van der Waals surface area (Å²) < 4.78 is 0. The van der Waals surface area contributed by atoms with Gasteiger partial charge in [-0.15, -0.1) is 11.3 Å². The first-order chi connectivity index (χ1) is 12.1. The van der Waals surface area contributed by atoms with Gasteiger partial charge in [-0.25, -0.2) is 0 Å². The molecule has 2 heterocycles. The van der Waals surface area contributed by atoms with Gasteiger partial charge in [0.15, 0.2) is 0 Å². The standard InChI is InChI=1S/C20H24N2O2S/c1-3-15-7-4-6-14(2)18(15)21-19(23)16-9-11-22(12-10-16)20(24)17-8-5-13-25-17/h4-8,13,16H,3,9-12H2,1-2H3,(H,21,23). The highest BCUT2D eigenvalue weighted by Crippen LogP contribution is 2.25. The number of amides is 2. The van der Waals surface area contributed by atoms with E-state index in [1.807, 2.05) is 41.5 Å². The highest BCUT2D eigenvalue weighted by Gasteiger charge is 2.28. The number of carbonyl (C=O) groups is 2. The Morgan fingerprint density at radius 1 is 1.20 bits per heavy atom. The van der Waals surface area contributed by atoms with E-state index in [1.165, 1.54) is 16.9 Å². The summed E-state index contributed by atoms with van der Waals surface area (Å²) in [6.45, 7) is 5.41. The van der Waals surface area contributed by atoms with E-state index in [2.05, 4.69) is 18.3 Å². The third-order valence-corrected chi connectivity index (χ3v) is 5.73. The van der Waals surface area contributed by atoms with Crippen LogP contribution < -0.4 is 5.32 Å². The quantitative estimate of drug-likeness (QED) is 0.896. The first-order valence-electron chi connectivity index (χ1n) is 8.82. The van der Waals surface area contributed by atoms with Crippen LogP contribution in [0.25, 0.3) is 0 Å². The van der Waals surface area contributed by atoms with E-state index in [4.69, 9.17) is 0 Å². The Balaban J connectivity index is 1.60. The highest BCUT2D eigenvalue weighted by molar-refractivity contribution is 7.12. The van der Waals surface area contributed by atoms with Crippen molar-refractivity contribution in [1.82, 2.24) is 4.90 Å². The molecule has 1 N–H and O–H groups in total. The Hall–Kier alpha value is -2.14. The summed E-state index contributed by atoms with van der Waals surface area (Å²) in [5, 5.41) is 5.05. The molecule has 2 aromatic rings.